The maximum Gasteiger partial charge on any atom is 0.325 e. The van der Waals surface area contributed by atoms with E-state index in [1.807, 2.05) is 30.3 Å². The van der Waals surface area contributed by atoms with Crippen LogP contribution in [0.2, 0.25) is 0 Å². The number of amides is 1. The van der Waals surface area contributed by atoms with E-state index in [9.17, 15) is 4.79 Å². The Morgan fingerprint density at radius 1 is 1.00 bits per heavy atom. The molecule has 4 heteroatoms. The zero-order chi connectivity index (χ0) is 13.0. The van der Waals surface area contributed by atoms with Gasteiger partial charge in [0.25, 0.3) is 0 Å². The Hall–Kier alpha value is -2.00. The third kappa shape index (κ3) is 2.63. The summed E-state index contributed by atoms with van der Waals surface area (Å²) in [5.41, 5.74) is 1.42. The highest BCUT2D eigenvalue weighted by Gasteiger charge is 2.15. The average molecular weight is 262 g/mol. The van der Waals surface area contributed by atoms with Crippen LogP contribution in [0.3, 0.4) is 0 Å². The van der Waals surface area contributed by atoms with Crippen LogP contribution in [0.15, 0.2) is 54.6 Å². The van der Waals surface area contributed by atoms with E-state index < -0.39 is 5.37 Å². The Balaban J connectivity index is 2.39. The molecule has 0 aliphatic carbocycles. The summed E-state index contributed by atoms with van der Waals surface area (Å²) in [6.45, 7) is 0. The first-order valence-electron chi connectivity index (χ1n) is 5.41. The van der Waals surface area contributed by atoms with Crippen molar-refractivity contribution in [1.29, 1.82) is 0 Å². The largest absolute Gasteiger partial charge is 0.497 e. The van der Waals surface area contributed by atoms with Gasteiger partial charge in [-0.15, -0.1) is 0 Å². The molecule has 2 aromatic rings. The molecule has 92 valence electrons. The van der Waals surface area contributed by atoms with Crippen molar-refractivity contribution in [2.75, 3.05) is 12.0 Å². The van der Waals surface area contributed by atoms with Gasteiger partial charge in [0.15, 0.2) is 0 Å². The zero-order valence-corrected chi connectivity index (χ0v) is 10.6. The second kappa shape index (κ2) is 5.56. The summed E-state index contributed by atoms with van der Waals surface area (Å²) in [7, 11) is 1.59. The quantitative estimate of drug-likeness (QED) is 0.612. The summed E-state index contributed by atoms with van der Waals surface area (Å²) < 4.78 is 5.08. The van der Waals surface area contributed by atoms with Crippen LogP contribution in [0.25, 0.3) is 0 Å². The van der Waals surface area contributed by atoms with E-state index in [-0.39, 0.29) is 0 Å². The Morgan fingerprint density at radius 3 is 2.06 bits per heavy atom. The van der Waals surface area contributed by atoms with E-state index in [0.29, 0.717) is 5.69 Å². The third-order valence-corrected chi connectivity index (χ3v) is 2.69. The number of para-hydroxylation sites is 1. The number of ether oxygens (including phenoxy) is 1. The Bertz CT molecular complexity index is 525. The lowest BCUT2D eigenvalue weighted by molar-refractivity contribution is 0.266. The standard InChI is InChI=1S/C14H12ClNO2/c1-18-13-9-7-12(8-10-13)16(14(15)17)11-5-3-2-4-6-11/h2-10H,1H3. The van der Waals surface area contributed by atoms with Crippen LogP contribution >= 0.6 is 11.6 Å². The number of carbonyl (C=O) groups is 1. The predicted octanol–water partition coefficient (Wildman–Crippen LogP) is 4.19. The molecule has 0 bridgehead atoms. The monoisotopic (exact) mass is 261 g/mol. The van der Waals surface area contributed by atoms with Gasteiger partial charge in [-0.1, -0.05) is 18.2 Å². The van der Waals surface area contributed by atoms with Crippen LogP contribution in [0.1, 0.15) is 0 Å². The number of methoxy groups -OCH3 is 1. The summed E-state index contributed by atoms with van der Waals surface area (Å²) in [5.74, 6) is 0.730. The van der Waals surface area contributed by atoms with Gasteiger partial charge in [-0.05, 0) is 48.0 Å². The predicted molar refractivity (Wildman–Crippen MR) is 72.8 cm³/mol. The maximum atomic E-state index is 11.6. The van der Waals surface area contributed by atoms with E-state index in [1.165, 1.54) is 4.90 Å². The van der Waals surface area contributed by atoms with Crippen LogP contribution in [0, 0.1) is 0 Å². The van der Waals surface area contributed by atoms with Gasteiger partial charge < -0.3 is 4.74 Å². The summed E-state index contributed by atoms with van der Waals surface area (Å²) in [4.78, 5) is 13.0. The van der Waals surface area contributed by atoms with Crippen molar-refractivity contribution >= 4 is 28.3 Å². The van der Waals surface area contributed by atoms with Crippen LogP contribution < -0.4 is 9.64 Å². The van der Waals surface area contributed by atoms with Crippen LogP contribution in [-0.2, 0) is 0 Å². The molecule has 0 unspecified atom stereocenters. The van der Waals surface area contributed by atoms with Gasteiger partial charge in [-0.25, -0.2) is 0 Å². The number of halogens is 1. The number of benzene rings is 2. The van der Waals surface area contributed by atoms with E-state index in [2.05, 4.69) is 0 Å². The van der Waals surface area contributed by atoms with Crippen LogP contribution in [0.4, 0.5) is 16.2 Å². The van der Waals surface area contributed by atoms with Gasteiger partial charge >= 0.3 is 5.37 Å². The smallest absolute Gasteiger partial charge is 0.325 e. The molecule has 0 aromatic heterocycles. The van der Waals surface area contributed by atoms with Crippen molar-refractivity contribution in [3.05, 3.63) is 54.6 Å². The molecule has 2 rings (SSSR count). The van der Waals surface area contributed by atoms with Crippen molar-refractivity contribution in [2.45, 2.75) is 0 Å². The minimum Gasteiger partial charge on any atom is -0.497 e. The van der Waals surface area contributed by atoms with Crippen molar-refractivity contribution in [1.82, 2.24) is 0 Å². The fraction of sp³-hybridized carbons (Fsp3) is 0.0714. The lowest BCUT2D eigenvalue weighted by Gasteiger charge is -2.20. The highest BCUT2D eigenvalue weighted by Crippen LogP contribution is 2.28. The summed E-state index contributed by atoms with van der Waals surface area (Å²) >= 11 is 5.64. The van der Waals surface area contributed by atoms with E-state index >= 15 is 0 Å². The van der Waals surface area contributed by atoms with E-state index in [0.717, 1.165) is 11.4 Å². The molecule has 0 saturated heterocycles. The van der Waals surface area contributed by atoms with Gasteiger partial charge in [0.05, 0.1) is 18.5 Å². The number of hydrogen-bond acceptors (Lipinski definition) is 2. The molecule has 3 nitrogen and oxygen atoms in total. The van der Waals surface area contributed by atoms with E-state index in [4.69, 9.17) is 16.3 Å². The molecule has 18 heavy (non-hydrogen) atoms. The van der Waals surface area contributed by atoms with Gasteiger partial charge in [0, 0.05) is 0 Å². The summed E-state index contributed by atoms with van der Waals surface area (Å²) in [6.07, 6.45) is 0. The van der Waals surface area contributed by atoms with Crippen molar-refractivity contribution in [3.63, 3.8) is 0 Å². The molecular formula is C14H12ClNO2. The van der Waals surface area contributed by atoms with E-state index in [1.54, 1.807) is 31.4 Å². The van der Waals surface area contributed by atoms with Crippen molar-refractivity contribution in [2.24, 2.45) is 0 Å². The second-order valence-corrected chi connectivity index (χ2v) is 3.95. The molecule has 0 atom stereocenters. The molecule has 0 saturated carbocycles. The lowest BCUT2D eigenvalue weighted by Crippen LogP contribution is -2.19. The second-order valence-electron chi connectivity index (χ2n) is 3.62. The molecule has 0 aliphatic rings. The molecule has 0 spiro atoms. The first-order chi connectivity index (χ1) is 8.72. The highest BCUT2D eigenvalue weighted by atomic mass is 35.5. The van der Waals surface area contributed by atoms with Gasteiger partial charge in [0.1, 0.15) is 5.75 Å². The fourth-order valence-electron chi connectivity index (χ4n) is 1.66. The normalized spacial score (nSPS) is 9.89. The molecule has 2 aromatic carbocycles. The third-order valence-electron chi connectivity index (χ3n) is 2.52. The number of hydrogen-bond donors (Lipinski definition) is 0. The summed E-state index contributed by atoms with van der Waals surface area (Å²) in [6, 6.07) is 16.4. The van der Waals surface area contributed by atoms with Crippen molar-refractivity contribution in [3.8, 4) is 5.75 Å². The maximum absolute atomic E-state index is 11.6. The topological polar surface area (TPSA) is 29.5 Å². The number of anilines is 2. The minimum absolute atomic E-state index is 0.550. The Kier molecular flexibility index (Phi) is 3.85. The van der Waals surface area contributed by atoms with Crippen LogP contribution in [0.5, 0.6) is 5.75 Å². The Morgan fingerprint density at radius 2 is 1.56 bits per heavy atom. The first kappa shape index (κ1) is 12.5. The van der Waals surface area contributed by atoms with Crippen LogP contribution in [-0.4, -0.2) is 12.5 Å². The fourth-order valence-corrected chi connectivity index (χ4v) is 1.86. The average Bonchev–Trinajstić information content (AvgIpc) is 2.40. The lowest BCUT2D eigenvalue weighted by atomic mass is 10.2. The number of nitrogens with zero attached hydrogens (tertiary/aromatic N) is 1. The van der Waals surface area contributed by atoms with Gasteiger partial charge in [0.2, 0.25) is 0 Å². The molecule has 0 heterocycles. The zero-order valence-electron chi connectivity index (χ0n) is 9.84. The van der Waals surface area contributed by atoms with Gasteiger partial charge in [-0.2, -0.15) is 0 Å². The molecule has 0 aliphatic heterocycles. The Labute approximate surface area is 111 Å². The molecular weight excluding hydrogens is 250 g/mol. The first-order valence-corrected chi connectivity index (χ1v) is 5.79. The van der Waals surface area contributed by atoms with Crippen molar-refractivity contribution < 1.29 is 9.53 Å². The van der Waals surface area contributed by atoms with Gasteiger partial charge in [-0.3, -0.25) is 9.69 Å². The minimum atomic E-state index is -0.550. The SMILES string of the molecule is COc1ccc(N(C(=O)Cl)c2ccccc2)cc1. The molecule has 0 N–H and O–H groups in total. The summed E-state index contributed by atoms with van der Waals surface area (Å²) in [5, 5.41) is -0.550. The number of rotatable bonds is 3. The number of carbonyl (C=O) groups excluding carboxylic acids is 1. The molecule has 0 fully saturated rings. The molecule has 1 amide bonds. The molecule has 0 radical (unpaired) electrons. The highest BCUT2D eigenvalue weighted by molar-refractivity contribution is 6.66.